The molecule has 1 saturated heterocycles. The third-order valence-corrected chi connectivity index (χ3v) is 9.17. The van der Waals surface area contributed by atoms with Gasteiger partial charge in [-0.3, -0.25) is 14.4 Å². The average Bonchev–Trinajstić information content (AvgIpc) is 3.57. The molecule has 1 aliphatic rings. The summed E-state index contributed by atoms with van der Waals surface area (Å²) in [5.74, 6) is -0.968. The molecule has 262 valence electrons. The summed E-state index contributed by atoms with van der Waals surface area (Å²) in [6, 6.07) is 24.2. The SMILES string of the molecule is C[C@H](N)C(=O)N[C@H](C(=O)N1CCC[C@H]1C=C[C@@](C)(Cc1cccc(Cl)c1)C(=O)N[C@H](CO)Cc1ccccc1)[C@@H](C)OCc1ccccc1. The maximum absolute atomic E-state index is 14.1. The molecule has 0 radical (unpaired) electrons. The molecule has 0 aliphatic carbocycles. The summed E-state index contributed by atoms with van der Waals surface area (Å²) >= 11 is 6.31. The zero-order valence-corrected chi connectivity index (χ0v) is 29.3. The minimum atomic E-state index is -1.04. The van der Waals surface area contributed by atoms with Crippen LogP contribution < -0.4 is 16.4 Å². The average molecular weight is 689 g/mol. The second kappa shape index (κ2) is 18.1. The van der Waals surface area contributed by atoms with Crippen LogP contribution in [0.25, 0.3) is 0 Å². The number of carbonyl (C=O) groups is 3. The first-order chi connectivity index (χ1) is 23.5. The molecule has 1 heterocycles. The monoisotopic (exact) mass is 688 g/mol. The van der Waals surface area contributed by atoms with Crippen molar-refractivity contribution >= 4 is 29.3 Å². The van der Waals surface area contributed by atoms with Gasteiger partial charge in [-0.25, -0.2) is 0 Å². The number of hydrogen-bond donors (Lipinski definition) is 4. The highest BCUT2D eigenvalue weighted by atomic mass is 35.5. The molecule has 0 unspecified atom stereocenters. The number of aliphatic hydroxyl groups excluding tert-OH is 1. The Kier molecular flexibility index (Phi) is 14.0. The molecule has 3 amide bonds. The lowest BCUT2D eigenvalue weighted by Crippen LogP contribution is -2.57. The number of hydrogen-bond acceptors (Lipinski definition) is 6. The van der Waals surface area contributed by atoms with Crippen LogP contribution >= 0.6 is 11.6 Å². The topological polar surface area (TPSA) is 134 Å². The molecule has 5 N–H and O–H groups in total. The summed E-state index contributed by atoms with van der Waals surface area (Å²) in [4.78, 5) is 42.7. The molecule has 4 rings (SSSR count). The van der Waals surface area contributed by atoms with Crippen LogP contribution in [0.1, 0.15) is 50.3 Å². The number of amides is 3. The molecular weight excluding hydrogens is 640 g/mol. The van der Waals surface area contributed by atoms with Crippen LogP contribution in [0, 0.1) is 5.41 Å². The Morgan fingerprint density at radius 2 is 1.65 bits per heavy atom. The molecular formula is C39H49ClN4O5. The van der Waals surface area contributed by atoms with E-state index in [1.54, 1.807) is 24.8 Å². The van der Waals surface area contributed by atoms with E-state index >= 15 is 0 Å². The summed E-state index contributed by atoms with van der Waals surface area (Å²) < 4.78 is 6.09. The van der Waals surface area contributed by atoms with Gasteiger partial charge < -0.3 is 31.1 Å². The first-order valence-corrected chi connectivity index (χ1v) is 17.3. The van der Waals surface area contributed by atoms with E-state index in [4.69, 9.17) is 22.1 Å². The van der Waals surface area contributed by atoms with Crippen LogP contribution in [0.2, 0.25) is 5.02 Å². The van der Waals surface area contributed by atoms with Gasteiger partial charge in [-0.1, -0.05) is 96.5 Å². The van der Waals surface area contributed by atoms with Crippen molar-refractivity contribution < 1.29 is 24.2 Å². The molecule has 10 heteroatoms. The smallest absolute Gasteiger partial charge is 0.248 e. The second-order valence-corrected chi connectivity index (χ2v) is 13.6. The fourth-order valence-corrected chi connectivity index (χ4v) is 6.24. The van der Waals surface area contributed by atoms with E-state index in [2.05, 4.69) is 10.6 Å². The maximum Gasteiger partial charge on any atom is 0.248 e. The normalized spacial score (nSPS) is 18.3. The molecule has 3 aromatic carbocycles. The van der Waals surface area contributed by atoms with Crippen LogP contribution in [-0.4, -0.2) is 71.2 Å². The van der Waals surface area contributed by atoms with E-state index in [1.165, 1.54) is 0 Å². The standard InChI is InChI=1S/C39H49ClN4O5/c1-27(41)36(46)43-35(28(2)49-26-30-14-8-5-9-15-30)37(47)44-21-11-18-34(44)19-20-39(3,24-31-16-10-17-32(40)22-31)38(48)42-33(25-45)23-29-12-6-4-7-13-29/h4-10,12-17,19-20,22,27-28,33-35,45H,11,18,21,23-26,41H2,1-3H3,(H,42,48)(H,43,46)/t27-,28+,33-,34-,35-,39-/m0/s1. The minimum absolute atomic E-state index is 0.221. The lowest BCUT2D eigenvalue weighted by atomic mass is 9.81. The Morgan fingerprint density at radius 3 is 2.29 bits per heavy atom. The zero-order valence-electron chi connectivity index (χ0n) is 28.6. The largest absolute Gasteiger partial charge is 0.394 e. The van der Waals surface area contributed by atoms with E-state index in [0.29, 0.717) is 30.8 Å². The highest BCUT2D eigenvalue weighted by Gasteiger charge is 2.38. The molecule has 9 nitrogen and oxygen atoms in total. The number of likely N-dealkylation sites (tertiary alicyclic amines) is 1. The summed E-state index contributed by atoms with van der Waals surface area (Å²) in [5.41, 5.74) is 7.65. The second-order valence-electron chi connectivity index (χ2n) is 13.1. The van der Waals surface area contributed by atoms with Crippen molar-refractivity contribution in [2.45, 2.75) is 83.3 Å². The van der Waals surface area contributed by atoms with Gasteiger partial charge in [-0.2, -0.15) is 0 Å². The molecule has 0 saturated carbocycles. The van der Waals surface area contributed by atoms with E-state index in [1.807, 2.05) is 97.9 Å². The van der Waals surface area contributed by atoms with Gasteiger partial charge in [0.05, 0.1) is 42.9 Å². The minimum Gasteiger partial charge on any atom is -0.394 e. The number of rotatable bonds is 16. The predicted octanol–water partition coefficient (Wildman–Crippen LogP) is 4.59. The van der Waals surface area contributed by atoms with Crippen LogP contribution in [-0.2, 0) is 38.6 Å². The quantitative estimate of drug-likeness (QED) is 0.163. The van der Waals surface area contributed by atoms with E-state index in [0.717, 1.165) is 23.1 Å². The number of carbonyl (C=O) groups excluding carboxylic acids is 3. The number of aliphatic hydroxyl groups is 1. The third-order valence-electron chi connectivity index (χ3n) is 8.93. The number of nitrogens with two attached hydrogens (primary N) is 1. The fraction of sp³-hybridized carbons (Fsp3) is 0.410. The van der Waals surface area contributed by atoms with Gasteiger partial charge in [-0.05, 0) is 75.3 Å². The Labute approximate surface area is 294 Å². The van der Waals surface area contributed by atoms with Crippen molar-refractivity contribution in [3.63, 3.8) is 0 Å². The molecule has 49 heavy (non-hydrogen) atoms. The molecule has 3 aromatic rings. The summed E-state index contributed by atoms with van der Waals surface area (Å²) in [5, 5.41) is 16.6. The van der Waals surface area contributed by atoms with Gasteiger partial charge in [0.1, 0.15) is 6.04 Å². The highest BCUT2D eigenvalue weighted by Crippen LogP contribution is 2.29. The lowest BCUT2D eigenvalue weighted by molar-refractivity contribution is -0.141. The molecule has 0 bridgehead atoms. The number of nitrogens with one attached hydrogen (secondary N) is 2. The Morgan fingerprint density at radius 1 is 1.00 bits per heavy atom. The van der Waals surface area contributed by atoms with Crippen molar-refractivity contribution in [3.8, 4) is 0 Å². The van der Waals surface area contributed by atoms with Crippen LogP contribution in [0.15, 0.2) is 97.1 Å². The van der Waals surface area contributed by atoms with Gasteiger partial charge in [0.15, 0.2) is 0 Å². The number of halogens is 1. The summed E-state index contributed by atoms with van der Waals surface area (Å²) in [6.45, 7) is 5.74. The highest BCUT2D eigenvalue weighted by molar-refractivity contribution is 6.30. The number of benzene rings is 3. The number of ether oxygens (including phenoxy) is 1. The van der Waals surface area contributed by atoms with Gasteiger partial charge >= 0.3 is 0 Å². The van der Waals surface area contributed by atoms with Crippen molar-refractivity contribution in [2.24, 2.45) is 11.1 Å². The summed E-state index contributed by atoms with van der Waals surface area (Å²) in [6.07, 6.45) is 5.41. The molecule has 1 fully saturated rings. The molecule has 0 spiro atoms. The summed E-state index contributed by atoms with van der Waals surface area (Å²) in [7, 11) is 0. The Hall–Kier alpha value is -4.02. The van der Waals surface area contributed by atoms with Gasteiger partial charge in [0, 0.05) is 11.6 Å². The maximum atomic E-state index is 14.1. The molecule has 6 atom stereocenters. The molecule has 1 aliphatic heterocycles. The van der Waals surface area contributed by atoms with E-state index < -0.39 is 35.6 Å². The van der Waals surface area contributed by atoms with E-state index in [-0.39, 0.29) is 31.1 Å². The first-order valence-electron chi connectivity index (χ1n) is 16.9. The van der Waals surface area contributed by atoms with Gasteiger partial charge in [0.2, 0.25) is 17.7 Å². The van der Waals surface area contributed by atoms with Crippen molar-refractivity contribution in [1.82, 2.24) is 15.5 Å². The van der Waals surface area contributed by atoms with Crippen LogP contribution in [0.5, 0.6) is 0 Å². The van der Waals surface area contributed by atoms with Crippen LogP contribution in [0.3, 0.4) is 0 Å². The fourth-order valence-electron chi connectivity index (χ4n) is 6.03. The van der Waals surface area contributed by atoms with Crippen molar-refractivity contribution in [2.75, 3.05) is 13.2 Å². The van der Waals surface area contributed by atoms with Crippen molar-refractivity contribution in [3.05, 3.63) is 119 Å². The first kappa shape index (κ1) is 37.8. The predicted molar refractivity (Wildman–Crippen MR) is 193 cm³/mol. The van der Waals surface area contributed by atoms with Gasteiger partial charge in [0.25, 0.3) is 0 Å². The lowest BCUT2D eigenvalue weighted by Gasteiger charge is -2.32. The Balaban J connectivity index is 1.56. The van der Waals surface area contributed by atoms with E-state index in [9.17, 15) is 19.5 Å². The van der Waals surface area contributed by atoms with Crippen molar-refractivity contribution in [1.29, 1.82) is 0 Å². The molecule has 0 aromatic heterocycles. The van der Waals surface area contributed by atoms with Crippen LogP contribution in [0.4, 0.5) is 0 Å². The third kappa shape index (κ3) is 11.0. The van der Waals surface area contributed by atoms with Gasteiger partial charge in [-0.15, -0.1) is 0 Å². The Bertz CT molecular complexity index is 1550. The number of nitrogens with zero attached hydrogens (tertiary/aromatic N) is 1. The zero-order chi connectivity index (χ0) is 35.4.